The summed E-state index contributed by atoms with van der Waals surface area (Å²) in [6.07, 6.45) is 8.37. The first kappa shape index (κ1) is 18.8. The Morgan fingerprint density at radius 2 is 1.83 bits per heavy atom. The summed E-state index contributed by atoms with van der Waals surface area (Å²) in [5.74, 6) is 0.835. The number of methoxy groups -OCH3 is 1. The number of aromatic nitrogens is 3. The van der Waals surface area contributed by atoms with Crippen molar-refractivity contribution in [2.45, 2.75) is 38.1 Å². The number of benzene rings is 1. The van der Waals surface area contributed by atoms with Crippen molar-refractivity contribution in [3.05, 3.63) is 30.5 Å². The Hall–Kier alpha value is -2.25. The minimum Gasteiger partial charge on any atom is -0.496 e. The molecule has 4 heterocycles. The third-order valence-electron chi connectivity index (χ3n) is 6.24. The molecule has 0 atom stereocenters. The van der Waals surface area contributed by atoms with Crippen molar-refractivity contribution < 1.29 is 4.74 Å². The molecule has 0 unspecified atom stereocenters. The Morgan fingerprint density at radius 3 is 2.62 bits per heavy atom. The molecule has 0 spiro atoms. The first-order valence-electron chi connectivity index (χ1n) is 10.6. The second-order valence-corrected chi connectivity index (χ2v) is 8.88. The molecule has 0 bridgehead atoms. The monoisotopic (exact) mass is 409 g/mol. The average molecular weight is 410 g/mol. The van der Waals surface area contributed by atoms with Crippen molar-refractivity contribution in [3.8, 4) is 16.3 Å². The summed E-state index contributed by atoms with van der Waals surface area (Å²) in [6, 6.07) is 8.78. The van der Waals surface area contributed by atoms with E-state index in [0.29, 0.717) is 0 Å². The molecule has 1 aromatic carbocycles. The van der Waals surface area contributed by atoms with Crippen molar-refractivity contribution >= 4 is 27.4 Å². The van der Waals surface area contributed by atoms with Crippen LogP contribution < -0.4 is 9.64 Å². The Bertz CT molecular complexity index is 976. The number of ether oxygens (including phenoxy) is 1. The summed E-state index contributed by atoms with van der Waals surface area (Å²) in [5, 5.41) is 12.0. The van der Waals surface area contributed by atoms with E-state index >= 15 is 0 Å². The van der Waals surface area contributed by atoms with Crippen LogP contribution in [-0.4, -0.2) is 59.4 Å². The second-order valence-electron chi connectivity index (χ2n) is 7.92. The molecule has 0 saturated carbocycles. The lowest BCUT2D eigenvalue weighted by Crippen LogP contribution is -2.46. The zero-order valence-electron chi connectivity index (χ0n) is 16.9. The van der Waals surface area contributed by atoms with Crippen molar-refractivity contribution in [1.29, 1.82) is 0 Å². The van der Waals surface area contributed by atoms with Gasteiger partial charge in [0.05, 0.1) is 12.6 Å². The zero-order valence-corrected chi connectivity index (χ0v) is 17.7. The highest BCUT2D eigenvalue weighted by Crippen LogP contribution is 2.36. The maximum Gasteiger partial charge on any atom is 0.208 e. The van der Waals surface area contributed by atoms with Gasteiger partial charge in [0.25, 0.3) is 0 Å². The van der Waals surface area contributed by atoms with Gasteiger partial charge in [-0.05, 0) is 57.0 Å². The predicted octanol–water partition coefficient (Wildman–Crippen LogP) is 4.22. The van der Waals surface area contributed by atoms with E-state index in [4.69, 9.17) is 4.74 Å². The minimum atomic E-state index is 0.744. The van der Waals surface area contributed by atoms with Gasteiger partial charge in [-0.2, -0.15) is 0 Å². The maximum absolute atomic E-state index is 5.49. The average Bonchev–Trinajstić information content (AvgIpc) is 3.29. The largest absolute Gasteiger partial charge is 0.496 e. The molecule has 0 N–H and O–H groups in total. The third-order valence-corrected chi connectivity index (χ3v) is 7.26. The first-order valence-corrected chi connectivity index (χ1v) is 11.4. The van der Waals surface area contributed by atoms with Crippen LogP contribution in [0.25, 0.3) is 21.5 Å². The van der Waals surface area contributed by atoms with E-state index in [-0.39, 0.29) is 0 Å². The SMILES string of the molecule is COc1ccnc2c(-c3nnc(N4CCC(N5CCCCC5)CC4)s3)cccc12. The van der Waals surface area contributed by atoms with E-state index in [2.05, 4.69) is 31.0 Å². The fourth-order valence-corrected chi connectivity index (χ4v) is 5.58. The molecule has 152 valence electrons. The minimum absolute atomic E-state index is 0.744. The van der Waals surface area contributed by atoms with E-state index in [1.165, 1.54) is 45.2 Å². The molecular weight excluding hydrogens is 382 g/mol. The molecule has 6 nitrogen and oxygen atoms in total. The van der Waals surface area contributed by atoms with Gasteiger partial charge in [0.2, 0.25) is 5.13 Å². The fraction of sp³-hybridized carbons (Fsp3) is 0.500. The summed E-state index contributed by atoms with van der Waals surface area (Å²) < 4.78 is 5.49. The van der Waals surface area contributed by atoms with Crippen molar-refractivity contribution in [3.63, 3.8) is 0 Å². The highest BCUT2D eigenvalue weighted by Gasteiger charge is 2.27. The van der Waals surface area contributed by atoms with Crippen LogP contribution >= 0.6 is 11.3 Å². The molecule has 2 saturated heterocycles. The van der Waals surface area contributed by atoms with Gasteiger partial charge in [-0.15, -0.1) is 10.2 Å². The number of hydrogen-bond acceptors (Lipinski definition) is 7. The number of rotatable bonds is 4. The number of hydrogen-bond donors (Lipinski definition) is 0. The summed E-state index contributed by atoms with van der Waals surface area (Å²) in [6.45, 7) is 4.70. The lowest BCUT2D eigenvalue weighted by atomic mass is 10.0. The smallest absolute Gasteiger partial charge is 0.208 e. The normalized spacial score (nSPS) is 19.0. The van der Waals surface area contributed by atoms with Gasteiger partial charge in [0, 0.05) is 36.3 Å². The van der Waals surface area contributed by atoms with Crippen LogP contribution in [0.1, 0.15) is 32.1 Å². The second kappa shape index (κ2) is 8.24. The zero-order chi connectivity index (χ0) is 19.6. The molecule has 29 heavy (non-hydrogen) atoms. The number of likely N-dealkylation sites (tertiary alicyclic amines) is 1. The van der Waals surface area contributed by atoms with Crippen LogP contribution in [-0.2, 0) is 0 Å². The van der Waals surface area contributed by atoms with Crippen molar-refractivity contribution in [1.82, 2.24) is 20.1 Å². The summed E-state index contributed by atoms with van der Waals surface area (Å²) in [7, 11) is 1.69. The van der Waals surface area contributed by atoms with Gasteiger partial charge in [-0.3, -0.25) is 4.98 Å². The summed E-state index contributed by atoms with van der Waals surface area (Å²) in [4.78, 5) is 9.70. The lowest BCUT2D eigenvalue weighted by Gasteiger charge is -2.40. The highest BCUT2D eigenvalue weighted by molar-refractivity contribution is 7.18. The quantitative estimate of drug-likeness (QED) is 0.643. The molecule has 2 aromatic heterocycles. The number of para-hydroxylation sites is 1. The molecule has 0 amide bonds. The Balaban J connectivity index is 1.34. The van der Waals surface area contributed by atoms with Gasteiger partial charge in [0.15, 0.2) is 5.01 Å². The van der Waals surface area contributed by atoms with Crippen LogP contribution in [0.3, 0.4) is 0 Å². The van der Waals surface area contributed by atoms with E-state index in [9.17, 15) is 0 Å². The lowest BCUT2D eigenvalue weighted by molar-refractivity contribution is 0.141. The molecular formula is C22H27N5OS. The Morgan fingerprint density at radius 1 is 1.00 bits per heavy atom. The predicted molar refractivity (Wildman–Crippen MR) is 118 cm³/mol. The number of fused-ring (bicyclic) bond motifs is 1. The van der Waals surface area contributed by atoms with Gasteiger partial charge >= 0.3 is 0 Å². The topological polar surface area (TPSA) is 54.4 Å². The van der Waals surface area contributed by atoms with Crippen molar-refractivity contribution in [2.75, 3.05) is 38.2 Å². The summed E-state index contributed by atoms with van der Waals surface area (Å²) in [5.41, 5.74) is 1.94. The van der Waals surface area contributed by atoms with Gasteiger partial charge in [-0.1, -0.05) is 23.8 Å². The van der Waals surface area contributed by atoms with Crippen LogP contribution in [0.5, 0.6) is 5.75 Å². The van der Waals surface area contributed by atoms with Crippen LogP contribution in [0.2, 0.25) is 0 Å². The van der Waals surface area contributed by atoms with Crippen LogP contribution in [0.15, 0.2) is 30.5 Å². The van der Waals surface area contributed by atoms with E-state index in [0.717, 1.165) is 51.5 Å². The molecule has 5 rings (SSSR count). The standard InChI is InChI=1S/C22H27N5OS/c1-28-19-8-11-23-20-17(19)6-5-7-18(20)21-24-25-22(29-21)27-14-9-16(10-15-27)26-12-3-2-4-13-26/h5-8,11,16H,2-4,9-10,12-15H2,1H3. The van der Waals surface area contributed by atoms with Crippen LogP contribution in [0.4, 0.5) is 5.13 Å². The number of nitrogens with zero attached hydrogens (tertiary/aromatic N) is 5. The molecule has 0 radical (unpaired) electrons. The van der Waals surface area contributed by atoms with E-state index in [1.54, 1.807) is 24.6 Å². The maximum atomic E-state index is 5.49. The Kier molecular flexibility index (Phi) is 5.33. The number of anilines is 1. The highest BCUT2D eigenvalue weighted by atomic mass is 32.1. The molecule has 2 aliphatic rings. The van der Waals surface area contributed by atoms with Crippen LogP contribution in [0, 0.1) is 0 Å². The molecule has 2 fully saturated rings. The first-order chi connectivity index (χ1) is 14.3. The summed E-state index contributed by atoms with van der Waals surface area (Å²) >= 11 is 1.67. The van der Waals surface area contributed by atoms with E-state index in [1.807, 2.05) is 18.2 Å². The number of piperidine rings is 2. The fourth-order valence-electron chi connectivity index (χ4n) is 4.66. The van der Waals surface area contributed by atoms with Crippen molar-refractivity contribution in [2.24, 2.45) is 0 Å². The molecule has 2 aliphatic heterocycles. The molecule has 0 aliphatic carbocycles. The van der Waals surface area contributed by atoms with Gasteiger partial charge in [-0.25, -0.2) is 0 Å². The van der Waals surface area contributed by atoms with E-state index < -0.39 is 0 Å². The number of pyridine rings is 1. The molecule has 7 heteroatoms. The van der Waals surface area contributed by atoms with Gasteiger partial charge in [0.1, 0.15) is 5.75 Å². The third kappa shape index (κ3) is 3.69. The Labute approximate surface area is 175 Å². The van der Waals surface area contributed by atoms with Gasteiger partial charge < -0.3 is 14.5 Å². The molecule has 3 aromatic rings.